The zero-order valence-corrected chi connectivity index (χ0v) is 9.90. The number of carbonyl (C=O) groups excluding carboxylic acids is 1. The summed E-state index contributed by atoms with van der Waals surface area (Å²) in [4.78, 5) is 21.8. The van der Waals surface area contributed by atoms with Crippen LogP contribution in [-0.4, -0.2) is 45.6 Å². The number of likely N-dealkylation sites (N-methyl/N-ethyl adjacent to an activating group) is 1. The third kappa shape index (κ3) is 2.76. The molecule has 0 saturated heterocycles. The highest BCUT2D eigenvalue weighted by Crippen LogP contribution is 2.07. The minimum atomic E-state index is -0.131. The zero-order valence-electron chi connectivity index (χ0n) is 9.90. The molecule has 1 rings (SSSR count). The van der Waals surface area contributed by atoms with Crippen molar-refractivity contribution in [3.8, 4) is 0 Å². The Bertz CT molecular complexity index is 379. The summed E-state index contributed by atoms with van der Waals surface area (Å²) in [5.41, 5.74) is 1.18. The van der Waals surface area contributed by atoms with Gasteiger partial charge in [-0.15, -0.1) is 0 Å². The summed E-state index contributed by atoms with van der Waals surface area (Å²) in [5, 5.41) is 8.85. The van der Waals surface area contributed by atoms with Crippen molar-refractivity contribution in [2.45, 2.75) is 20.8 Å². The fourth-order valence-electron chi connectivity index (χ4n) is 1.49. The summed E-state index contributed by atoms with van der Waals surface area (Å²) < 4.78 is 0. The number of hydrogen-bond acceptors (Lipinski definition) is 4. The highest BCUT2D eigenvalue weighted by atomic mass is 16.3. The van der Waals surface area contributed by atoms with Crippen LogP contribution in [0.3, 0.4) is 0 Å². The normalized spacial score (nSPS) is 10.2. The molecule has 1 aromatic heterocycles. The van der Waals surface area contributed by atoms with E-state index in [2.05, 4.69) is 9.97 Å². The largest absolute Gasteiger partial charge is 0.395 e. The molecule has 0 aliphatic heterocycles. The van der Waals surface area contributed by atoms with Gasteiger partial charge in [-0.1, -0.05) is 0 Å². The van der Waals surface area contributed by atoms with Gasteiger partial charge >= 0.3 is 0 Å². The van der Waals surface area contributed by atoms with E-state index in [9.17, 15) is 4.79 Å². The van der Waals surface area contributed by atoms with Gasteiger partial charge in [0, 0.05) is 19.3 Å². The summed E-state index contributed by atoms with van der Waals surface area (Å²) in [5.74, 6) is 0.522. The predicted octanol–water partition coefficient (Wildman–Crippen LogP) is 0.548. The molecule has 0 spiro atoms. The monoisotopic (exact) mass is 223 g/mol. The lowest BCUT2D eigenvalue weighted by Crippen LogP contribution is -2.34. The number of hydrogen-bond donors (Lipinski definition) is 1. The van der Waals surface area contributed by atoms with Crippen molar-refractivity contribution in [3.63, 3.8) is 0 Å². The van der Waals surface area contributed by atoms with Gasteiger partial charge in [-0.2, -0.15) is 0 Å². The Morgan fingerprint density at radius 3 is 2.69 bits per heavy atom. The van der Waals surface area contributed by atoms with Crippen molar-refractivity contribution in [3.05, 3.63) is 23.3 Å². The average molecular weight is 223 g/mol. The zero-order chi connectivity index (χ0) is 12.1. The van der Waals surface area contributed by atoms with Crippen molar-refractivity contribution in [2.24, 2.45) is 0 Å². The Kier molecular flexibility index (Phi) is 4.37. The minimum absolute atomic E-state index is 0.0364. The predicted molar refractivity (Wildman–Crippen MR) is 60.2 cm³/mol. The number of nitrogens with zero attached hydrogens (tertiary/aromatic N) is 3. The first kappa shape index (κ1) is 12.6. The third-order valence-electron chi connectivity index (χ3n) is 2.37. The Morgan fingerprint density at radius 2 is 2.19 bits per heavy atom. The van der Waals surface area contributed by atoms with Crippen LogP contribution in [0.1, 0.15) is 28.8 Å². The van der Waals surface area contributed by atoms with E-state index in [1.807, 2.05) is 6.92 Å². The second-order valence-corrected chi connectivity index (χ2v) is 3.52. The van der Waals surface area contributed by atoms with Gasteiger partial charge in [0.1, 0.15) is 5.82 Å². The Morgan fingerprint density at radius 1 is 1.50 bits per heavy atom. The molecule has 0 fully saturated rings. The van der Waals surface area contributed by atoms with Crippen molar-refractivity contribution >= 4 is 5.91 Å². The van der Waals surface area contributed by atoms with E-state index in [1.165, 1.54) is 0 Å². The maximum Gasteiger partial charge on any atom is 0.257 e. The van der Waals surface area contributed by atoms with Crippen LogP contribution in [0.15, 0.2) is 6.20 Å². The molecule has 5 nitrogen and oxygen atoms in total. The van der Waals surface area contributed by atoms with Gasteiger partial charge in [-0.25, -0.2) is 9.97 Å². The number of aryl methyl sites for hydroxylation is 2. The molecule has 0 aliphatic carbocycles. The van der Waals surface area contributed by atoms with Crippen LogP contribution < -0.4 is 0 Å². The van der Waals surface area contributed by atoms with E-state index in [4.69, 9.17) is 5.11 Å². The van der Waals surface area contributed by atoms with Crippen LogP contribution in [0.2, 0.25) is 0 Å². The smallest absolute Gasteiger partial charge is 0.257 e. The summed E-state index contributed by atoms with van der Waals surface area (Å²) in [7, 11) is 0. The van der Waals surface area contributed by atoms with Gasteiger partial charge in [0.05, 0.1) is 17.9 Å². The summed E-state index contributed by atoms with van der Waals surface area (Å²) in [6, 6.07) is 0. The molecule has 1 aromatic rings. The number of carbonyl (C=O) groups is 1. The number of rotatable bonds is 4. The lowest BCUT2D eigenvalue weighted by Gasteiger charge is -2.20. The van der Waals surface area contributed by atoms with Crippen molar-refractivity contribution in [1.29, 1.82) is 0 Å². The second kappa shape index (κ2) is 5.55. The fraction of sp³-hybridized carbons (Fsp3) is 0.545. The third-order valence-corrected chi connectivity index (χ3v) is 2.37. The molecule has 1 N–H and O–H groups in total. The maximum absolute atomic E-state index is 12.0. The maximum atomic E-state index is 12.0. The van der Waals surface area contributed by atoms with Gasteiger partial charge in [0.2, 0.25) is 0 Å². The summed E-state index contributed by atoms with van der Waals surface area (Å²) >= 11 is 0. The van der Waals surface area contributed by atoms with E-state index >= 15 is 0 Å². The molecule has 5 heteroatoms. The van der Waals surface area contributed by atoms with Crippen LogP contribution >= 0.6 is 0 Å². The topological polar surface area (TPSA) is 66.3 Å². The number of aromatic nitrogens is 2. The van der Waals surface area contributed by atoms with Gasteiger partial charge < -0.3 is 10.0 Å². The molecule has 0 radical (unpaired) electrons. The molecule has 0 unspecified atom stereocenters. The van der Waals surface area contributed by atoms with Crippen molar-refractivity contribution in [1.82, 2.24) is 14.9 Å². The highest BCUT2D eigenvalue weighted by Gasteiger charge is 2.16. The molecule has 1 heterocycles. The Hall–Kier alpha value is -1.49. The van der Waals surface area contributed by atoms with Gasteiger partial charge in [0.25, 0.3) is 5.91 Å². The minimum Gasteiger partial charge on any atom is -0.395 e. The van der Waals surface area contributed by atoms with E-state index in [1.54, 1.807) is 24.9 Å². The first-order chi connectivity index (χ1) is 7.60. The van der Waals surface area contributed by atoms with Crippen LogP contribution in [0.25, 0.3) is 0 Å². The van der Waals surface area contributed by atoms with Gasteiger partial charge in [-0.3, -0.25) is 4.79 Å². The second-order valence-electron chi connectivity index (χ2n) is 3.52. The average Bonchev–Trinajstić information content (AvgIpc) is 2.25. The molecule has 0 bridgehead atoms. The Labute approximate surface area is 95.1 Å². The van der Waals surface area contributed by atoms with E-state index in [0.29, 0.717) is 30.2 Å². The molecular formula is C11H17N3O2. The Balaban J connectivity index is 2.94. The standard InChI is InChI=1S/C11H17N3O2/c1-4-14(5-6-15)11(16)10-7-12-9(3)13-8(10)2/h7,15H,4-6H2,1-3H3. The number of amides is 1. The lowest BCUT2D eigenvalue weighted by atomic mass is 10.2. The molecule has 16 heavy (non-hydrogen) atoms. The van der Waals surface area contributed by atoms with Crippen LogP contribution in [-0.2, 0) is 0 Å². The van der Waals surface area contributed by atoms with E-state index in [0.717, 1.165) is 0 Å². The quantitative estimate of drug-likeness (QED) is 0.809. The summed E-state index contributed by atoms with van der Waals surface area (Å²) in [6.07, 6.45) is 1.54. The molecule has 0 aromatic carbocycles. The molecule has 0 aliphatic rings. The number of aliphatic hydroxyl groups excluding tert-OH is 1. The van der Waals surface area contributed by atoms with Gasteiger partial charge in [-0.05, 0) is 20.8 Å². The first-order valence-electron chi connectivity index (χ1n) is 5.30. The highest BCUT2D eigenvalue weighted by molar-refractivity contribution is 5.94. The van der Waals surface area contributed by atoms with Crippen molar-refractivity contribution in [2.75, 3.05) is 19.7 Å². The van der Waals surface area contributed by atoms with Gasteiger partial charge in [0.15, 0.2) is 0 Å². The van der Waals surface area contributed by atoms with Crippen LogP contribution in [0, 0.1) is 13.8 Å². The molecule has 88 valence electrons. The molecular weight excluding hydrogens is 206 g/mol. The van der Waals surface area contributed by atoms with Crippen molar-refractivity contribution < 1.29 is 9.90 Å². The molecule has 1 amide bonds. The first-order valence-corrected chi connectivity index (χ1v) is 5.30. The fourth-order valence-corrected chi connectivity index (χ4v) is 1.49. The lowest BCUT2D eigenvalue weighted by molar-refractivity contribution is 0.0730. The number of aliphatic hydroxyl groups is 1. The van der Waals surface area contributed by atoms with E-state index in [-0.39, 0.29) is 12.5 Å². The molecule has 0 saturated carbocycles. The molecule has 0 atom stereocenters. The van der Waals surface area contributed by atoms with Crippen LogP contribution in [0.5, 0.6) is 0 Å². The van der Waals surface area contributed by atoms with Crippen LogP contribution in [0.4, 0.5) is 0 Å². The van der Waals surface area contributed by atoms with E-state index < -0.39 is 0 Å². The SMILES string of the molecule is CCN(CCO)C(=O)c1cnc(C)nc1C. The summed E-state index contributed by atoms with van der Waals surface area (Å²) in [6.45, 7) is 6.31.